The third kappa shape index (κ3) is 4.46. The number of rotatable bonds is 9. The van der Waals surface area contributed by atoms with E-state index in [-0.39, 0.29) is 0 Å². The van der Waals surface area contributed by atoms with E-state index in [1.807, 2.05) is 0 Å². The zero-order chi connectivity index (χ0) is 13.6. The molecule has 1 atom stereocenters. The number of hydrogen-bond donors (Lipinski definition) is 1. The Morgan fingerprint density at radius 2 is 1.74 bits per heavy atom. The van der Waals surface area contributed by atoms with Gasteiger partial charge in [0.1, 0.15) is 0 Å². The molecule has 1 heterocycles. The number of nitrogens with zero attached hydrogens (tertiary/aromatic N) is 1. The minimum absolute atomic E-state index is 0.473. The molecule has 2 nitrogen and oxygen atoms in total. The monoisotopic (exact) mass is 266 g/mol. The van der Waals surface area contributed by atoms with Gasteiger partial charge in [0.2, 0.25) is 0 Å². The maximum Gasteiger partial charge on any atom is 0.0334 e. The van der Waals surface area contributed by atoms with E-state index in [1.165, 1.54) is 84.0 Å². The van der Waals surface area contributed by atoms with E-state index in [9.17, 15) is 0 Å². The average Bonchev–Trinajstić information content (AvgIpc) is 3.24. The molecule has 112 valence electrons. The van der Waals surface area contributed by atoms with E-state index in [0.29, 0.717) is 5.54 Å². The standard InChI is InChI=1S/C17H34N2/c1-3-4-5-6-7-8-9-13-19-14-12-18-15-17(19,2)16-10-11-16/h16,18H,3-15H2,1-2H3. The summed E-state index contributed by atoms with van der Waals surface area (Å²) < 4.78 is 0. The van der Waals surface area contributed by atoms with E-state index in [1.54, 1.807) is 0 Å². The predicted molar refractivity (Wildman–Crippen MR) is 83.6 cm³/mol. The topological polar surface area (TPSA) is 15.3 Å². The first kappa shape index (κ1) is 15.3. The highest BCUT2D eigenvalue weighted by Gasteiger charge is 2.46. The molecule has 2 fully saturated rings. The van der Waals surface area contributed by atoms with Gasteiger partial charge in [-0.3, -0.25) is 4.90 Å². The van der Waals surface area contributed by atoms with Gasteiger partial charge in [-0.05, 0) is 38.6 Å². The maximum absolute atomic E-state index is 3.61. The Morgan fingerprint density at radius 3 is 2.42 bits per heavy atom. The third-order valence-electron chi connectivity index (χ3n) is 5.25. The van der Waals surface area contributed by atoms with E-state index in [4.69, 9.17) is 0 Å². The van der Waals surface area contributed by atoms with Crippen LogP contribution in [0.4, 0.5) is 0 Å². The van der Waals surface area contributed by atoms with Crippen molar-refractivity contribution in [2.75, 3.05) is 26.2 Å². The van der Waals surface area contributed by atoms with E-state index < -0.39 is 0 Å². The molecular weight excluding hydrogens is 232 g/mol. The van der Waals surface area contributed by atoms with Crippen LogP contribution in [0.3, 0.4) is 0 Å². The minimum Gasteiger partial charge on any atom is -0.314 e. The predicted octanol–water partition coefficient (Wildman–Crippen LogP) is 3.81. The van der Waals surface area contributed by atoms with Crippen LogP contribution >= 0.6 is 0 Å². The van der Waals surface area contributed by atoms with Gasteiger partial charge in [0.05, 0.1) is 0 Å². The normalized spacial score (nSPS) is 28.7. The summed E-state index contributed by atoms with van der Waals surface area (Å²) in [5.41, 5.74) is 0.473. The molecular formula is C17H34N2. The van der Waals surface area contributed by atoms with Crippen LogP contribution < -0.4 is 5.32 Å². The summed E-state index contributed by atoms with van der Waals surface area (Å²) in [6, 6.07) is 0. The van der Waals surface area contributed by atoms with Gasteiger partial charge in [0.25, 0.3) is 0 Å². The number of nitrogens with one attached hydrogen (secondary N) is 1. The fraction of sp³-hybridized carbons (Fsp3) is 1.00. The minimum atomic E-state index is 0.473. The second-order valence-corrected chi connectivity index (χ2v) is 6.92. The molecule has 2 heteroatoms. The van der Waals surface area contributed by atoms with E-state index >= 15 is 0 Å². The number of unbranched alkanes of at least 4 members (excludes halogenated alkanes) is 6. The van der Waals surface area contributed by atoms with Crippen molar-refractivity contribution in [3.05, 3.63) is 0 Å². The molecule has 1 unspecified atom stereocenters. The van der Waals surface area contributed by atoms with Crippen molar-refractivity contribution < 1.29 is 0 Å². The van der Waals surface area contributed by atoms with Crippen LogP contribution in [0.1, 0.15) is 71.6 Å². The van der Waals surface area contributed by atoms with Crippen molar-refractivity contribution in [1.82, 2.24) is 10.2 Å². The molecule has 1 saturated heterocycles. The SMILES string of the molecule is CCCCCCCCCN1CCNCC1(C)C1CC1. The third-order valence-corrected chi connectivity index (χ3v) is 5.25. The van der Waals surface area contributed by atoms with Crippen LogP contribution in [0, 0.1) is 5.92 Å². The summed E-state index contributed by atoms with van der Waals surface area (Å²) >= 11 is 0. The van der Waals surface area contributed by atoms with Crippen LogP contribution in [0.2, 0.25) is 0 Å². The molecule has 19 heavy (non-hydrogen) atoms. The summed E-state index contributed by atoms with van der Waals surface area (Å²) in [7, 11) is 0. The summed E-state index contributed by atoms with van der Waals surface area (Å²) in [6.45, 7) is 9.81. The van der Waals surface area contributed by atoms with Crippen LogP contribution in [0.25, 0.3) is 0 Å². The first-order valence-corrected chi connectivity index (χ1v) is 8.73. The molecule has 0 aromatic rings. The molecule has 0 aromatic heterocycles. The summed E-state index contributed by atoms with van der Waals surface area (Å²) in [6.07, 6.45) is 12.9. The highest BCUT2D eigenvalue weighted by Crippen LogP contribution is 2.43. The lowest BCUT2D eigenvalue weighted by Gasteiger charge is -2.46. The summed E-state index contributed by atoms with van der Waals surface area (Å²) in [5, 5.41) is 3.61. The molecule has 0 radical (unpaired) electrons. The molecule has 0 amide bonds. The van der Waals surface area contributed by atoms with Gasteiger partial charge in [-0.1, -0.05) is 45.4 Å². The van der Waals surface area contributed by atoms with Gasteiger partial charge < -0.3 is 5.32 Å². The van der Waals surface area contributed by atoms with E-state index in [0.717, 1.165) is 5.92 Å². The zero-order valence-corrected chi connectivity index (χ0v) is 13.2. The molecule has 1 saturated carbocycles. The van der Waals surface area contributed by atoms with Gasteiger partial charge >= 0.3 is 0 Å². The van der Waals surface area contributed by atoms with Gasteiger partial charge in [-0.2, -0.15) is 0 Å². The van der Waals surface area contributed by atoms with Crippen molar-refractivity contribution in [2.45, 2.75) is 77.2 Å². The fourth-order valence-corrected chi connectivity index (χ4v) is 3.66. The quantitative estimate of drug-likeness (QED) is 0.638. The second-order valence-electron chi connectivity index (χ2n) is 6.92. The average molecular weight is 266 g/mol. The fourth-order valence-electron chi connectivity index (χ4n) is 3.66. The first-order chi connectivity index (χ1) is 9.27. The van der Waals surface area contributed by atoms with Crippen molar-refractivity contribution in [2.24, 2.45) is 5.92 Å². The molecule has 2 rings (SSSR count). The Labute approximate surface area is 120 Å². The van der Waals surface area contributed by atoms with Crippen LogP contribution in [0.15, 0.2) is 0 Å². The largest absolute Gasteiger partial charge is 0.314 e. The molecule has 0 aromatic carbocycles. The lowest BCUT2D eigenvalue weighted by atomic mass is 9.91. The Hall–Kier alpha value is -0.0800. The van der Waals surface area contributed by atoms with Crippen LogP contribution in [0.5, 0.6) is 0 Å². The van der Waals surface area contributed by atoms with Gasteiger partial charge in [0.15, 0.2) is 0 Å². The van der Waals surface area contributed by atoms with Crippen LogP contribution in [-0.4, -0.2) is 36.6 Å². The molecule has 1 aliphatic heterocycles. The van der Waals surface area contributed by atoms with Crippen LogP contribution in [-0.2, 0) is 0 Å². The Morgan fingerprint density at radius 1 is 1.05 bits per heavy atom. The highest BCUT2D eigenvalue weighted by molar-refractivity contribution is 5.02. The smallest absolute Gasteiger partial charge is 0.0334 e. The molecule has 1 aliphatic carbocycles. The Kier molecular flexibility index (Phi) is 6.15. The Balaban J connectivity index is 1.61. The molecule has 0 spiro atoms. The molecule has 1 N–H and O–H groups in total. The van der Waals surface area contributed by atoms with Crippen molar-refractivity contribution in [3.8, 4) is 0 Å². The lowest BCUT2D eigenvalue weighted by molar-refractivity contribution is 0.0542. The second kappa shape index (κ2) is 7.64. The lowest BCUT2D eigenvalue weighted by Crippen LogP contribution is -2.61. The summed E-state index contributed by atoms with van der Waals surface area (Å²) in [5.74, 6) is 0.977. The Bertz CT molecular complexity index is 250. The highest BCUT2D eigenvalue weighted by atomic mass is 15.3. The van der Waals surface area contributed by atoms with Gasteiger partial charge in [-0.15, -0.1) is 0 Å². The molecule has 2 aliphatic rings. The molecule has 0 bridgehead atoms. The van der Waals surface area contributed by atoms with Crippen molar-refractivity contribution in [1.29, 1.82) is 0 Å². The van der Waals surface area contributed by atoms with Gasteiger partial charge in [0, 0.05) is 25.2 Å². The summed E-state index contributed by atoms with van der Waals surface area (Å²) in [4.78, 5) is 2.80. The van der Waals surface area contributed by atoms with Crippen molar-refractivity contribution in [3.63, 3.8) is 0 Å². The maximum atomic E-state index is 3.61. The van der Waals surface area contributed by atoms with Gasteiger partial charge in [-0.25, -0.2) is 0 Å². The first-order valence-electron chi connectivity index (χ1n) is 8.73. The van der Waals surface area contributed by atoms with E-state index in [2.05, 4.69) is 24.1 Å². The number of hydrogen-bond acceptors (Lipinski definition) is 2. The number of piperazine rings is 1. The van der Waals surface area contributed by atoms with Crippen molar-refractivity contribution >= 4 is 0 Å². The zero-order valence-electron chi connectivity index (χ0n) is 13.2.